The van der Waals surface area contributed by atoms with E-state index >= 15 is 0 Å². The van der Waals surface area contributed by atoms with E-state index in [9.17, 15) is 4.79 Å². The van der Waals surface area contributed by atoms with Crippen LogP contribution in [-0.4, -0.2) is 70.7 Å². The maximum Gasteiger partial charge on any atom is 0.240 e. The Labute approximate surface area is 149 Å². The molecule has 5 rings (SSSR count). The minimum absolute atomic E-state index is 0.0855. The third kappa shape index (κ3) is 2.71. The van der Waals surface area contributed by atoms with Crippen LogP contribution in [0.1, 0.15) is 43.4 Å². The first-order valence-electron chi connectivity index (χ1n) is 9.83. The van der Waals surface area contributed by atoms with Crippen LogP contribution < -0.4 is 4.90 Å². The molecule has 134 valence electrons. The van der Waals surface area contributed by atoms with Crippen molar-refractivity contribution >= 4 is 11.7 Å². The lowest BCUT2D eigenvalue weighted by molar-refractivity contribution is -0.133. The second-order valence-corrected chi connectivity index (χ2v) is 8.17. The number of fused-ring (bicyclic) bond motifs is 1. The normalized spacial score (nSPS) is 27.0. The fraction of sp³-hybridized carbons (Fsp3) is 0.737. The molecule has 1 amide bonds. The lowest BCUT2D eigenvalue weighted by Crippen LogP contribution is -2.62. The Morgan fingerprint density at radius 2 is 1.92 bits per heavy atom. The maximum atomic E-state index is 12.6. The Hall–Kier alpha value is -1.69. The van der Waals surface area contributed by atoms with E-state index in [-0.39, 0.29) is 6.04 Å². The third-order valence-electron chi connectivity index (χ3n) is 6.51. The first kappa shape index (κ1) is 15.6. The summed E-state index contributed by atoms with van der Waals surface area (Å²) in [6.07, 6.45) is 8.13. The summed E-state index contributed by atoms with van der Waals surface area (Å²) >= 11 is 0. The van der Waals surface area contributed by atoms with E-state index in [0.717, 1.165) is 44.7 Å². The lowest BCUT2D eigenvalue weighted by atomic mass is 9.96. The number of nitrogens with zero attached hydrogens (tertiary/aromatic N) is 5. The number of anilines is 1. The fourth-order valence-corrected chi connectivity index (χ4v) is 4.60. The Morgan fingerprint density at radius 1 is 1.12 bits per heavy atom. The Bertz CT molecular complexity index is 682. The summed E-state index contributed by atoms with van der Waals surface area (Å²) in [4.78, 5) is 19.4. The molecule has 6 heteroatoms. The molecular weight excluding hydrogens is 314 g/mol. The van der Waals surface area contributed by atoms with Gasteiger partial charge in [-0.3, -0.25) is 9.69 Å². The molecule has 0 aromatic carbocycles. The lowest BCUT2D eigenvalue weighted by Gasteiger charge is -2.46. The molecular formula is C19H27N5O. The van der Waals surface area contributed by atoms with Crippen molar-refractivity contribution in [3.05, 3.63) is 17.3 Å². The Morgan fingerprint density at radius 3 is 2.72 bits per heavy atom. The van der Waals surface area contributed by atoms with Crippen LogP contribution in [0.2, 0.25) is 0 Å². The van der Waals surface area contributed by atoms with E-state index in [1.807, 2.05) is 0 Å². The van der Waals surface area contributed by atoms with Gasteiger partial charge >= 0.3 is 0 Å². The second kappa shape index (κ2) is 5.94. The zero-order valence-electron chi connectivity index (χ0n) is 15.0. The van der Waals surface area contributed by atoms with Gasteiger partial charge in [-0.25, -0.2) is 0 Å². The smallest absolute Gasteiger partial charge is 0.240 e. The molecule has 2 aliphatic carbocycles. The van der Waals surface area contributed by atoms with E-state index in [1.165, 1.54) is 36.9 Å². The molecule has 0 N–H and O–H groups in total. The first-order valence-corrected chi connectivity index (χ1v) is 9.83. The molecule has 3 fully saturated rings. The highest BCUT2D eigenvalue weighted by Crippen LogP contribution is 2.33. The number of hydrogen-bond donors (Lipinski definition) is 0. The molecule has 25 heavy (non-hydrogen) atoms. The van der Waals surface area contributed by atoms with E-state index in [2.05, 4.69) is 38.0 Å². The molecule has 3 heterocycles. The van der Waals surface area contributed by atoms with Crippen LogP contribution in [0.3, 0.4) is 0 Å². The van der Waals surface area contributed by atoms with Crippen molar-refractivity contribution < 1.29 is 4.79 Å². The summed E-state index contributed by atoms with van der Waals surface area (Å²) in [5.41, 5.74) is 2.58. The molecule has 4 aliphatic rings. The van der Waals surface area contributed by atoms with Crippen LogP contribution >= 0.6 is 0 Å². The van der Waals surface area contributed by atoms with Gasteiger partial charge in [-0.05, 0) is 63.6 Å². The van der Waals surface area contributed by atoms with Crippen LogP contribution in [0, 0.1) is 0 Å². The van der Waals surface area contributed by atoms with Gasteiger partial charge in [0.1, 0.15) is 0 Å². The molecule has 0 bridgehead atoms. The Balaban J connectivity index is 1.21. The van der Waals surface area contributed by atoms with Crippen molar-refractivity contribution in [3.8, 4) is 0 Å². The van der Waals surface area contributed by atoms with Gasteiger partial charge in [0.25, 0.3) is 0 Å². The summed E-state index contributed by atoms with van der Waals surface area (Å²) in [5, 5.41) is 8.90. The van der Waals surface area contributed by atoms with Gasteiger partial charge in [0.2, 0.25) is 5.91 Å². The van der Waals surface area contributed by atoms with Crippen molar-refractivity contribution in [2.24, 2.45) is 0 Å². The molecule has 0 radical (unpaired) electrons. The topological polar surface area (TPSA) is 52.6 Å². The standard InChI is InChI=1S/C19H27N5O/c1-22(17-8-9-24(19(17)25)14-6-7-14)15-11-23(12-15)18-10-13-4-2-3-5-16(13)20-21-18/h10,14-15,17H,2-9,11-12H2,1H3. The zero-order valence-corrected chi connectivity index (χ0v) is 15.0. The zero-order chi connectivity index (χ0) is 17.0. The molecule has 2 aliphatic heterocycles. The monoisotopic (exact) mass is 341 g/mol. The van der Waals surface area contributed by atoms with Gasteiger partial charge in [0, 0.05) is 31.7 Å². The largest absolute Gasteiger partial charge is 0.352 e. The molecule has 2 saturated heterocycles. The Kier molecular flexibility index (Phi) is 3.69. The number of likely N-dealkylation sites (tertiary alicyclic amines) is 1. The van der Waals surface area contributed by atoms with E-state index < -0.39 is 0 Å². The van der Waals surface area contributed by atoms with Gasteiger partial charge < -0.3 is 9.80 Å². The van der Waals surface area contributed by atoms with Crippen molar-refractivity contribution in [1.82, 2.24) is 20.0 Å². The fourth-order valence-electron chi connectivity index (χ4n) is 4.60. The quantitative estimate of drug-likeness (QED) is 0.825. The highest BCUT2D eigenvalue weighted by molar-refractivity contribution is 5.84. The van der Waals surface area contributed by atoms with E-state index in [0.29, 0.717) is 18.0 Å². The molecule has 1 aromatic heterocycles. The van der Waals surface area contributed by atoms with Crippen LogP contribution in [0.5, 0.6) is 0 Å². The predicted octanol–water partition coefficient (Wildman–Crippen LogP) is 1.24. The third-order valence-corrected chi connectivity index (χ3v) is 6.51. The van der Waals surface area contributed by atoms with Gasteiger partial charge in [-0.2, -0.15) is 5.10 Å². The number of aromatic nitrogens is 2. The van der Waals surface area contributed by atoms with Crippen LogP contribution in [0.15, 0.2) is 6.07 Å². The minimum Gasteiger partial charge on any atom is -0.352 e. The molecule has 6 nitrogen and oxygen atoms in total. The number of carbonyl (C=O) groups excluding carboxylic acids is 1. The summed E-state index contributed by atoms with van der Waals surface area (Å²) in [6, 6.07) is 3.33. The molecule has 1 aromatic rings. The average molecular weight is 341 g/mol. The summed E-state index contributed by atoms with van der Waals surface area (Å²) < 4.78 is 0. The van der Waals surface area contributed by atoms with Gasteiger partial charge in [-0.1, -0.05) is 0 Å². The maximum absolute atomic E-state index is 12.6. The average Bonchev–Trinajstić information content (AvgIpc) is 3.35. The van der Waals surface area contributed by atoms with Gasteiger partial charge in [0.05, 0.1) is 11.7 Å². The number of rotatable bonds is 4. The van der Waals surface area contributed by atoms with Crippen LogP contribution in [0.25, 0.3) is 0 Å². The van der Waals surface area contributed by atoms with Gasteiger partial charge in [-0.15, -0.1) is 5.10 Å². The SMILES string of the molecule is CN(C1CN(c2cc3c(nn2)CCCC3)C1)C1CCN(C2CC2)C1=O. The van der Waals surface area contributed by atoms with E-state index in [4.69, 9.17) is 0 Å². The molecule has 1 unspecified atom stereocenters. The predicted molar refractivity (Wildman–Crippen MR) is 95.6 cm³/mol. The summed E-state index contributed by atoms with van der Waals surface area (Å²) in [5.74, 6) is 1.37. The molecule has 0 spiro atoms. The number of carbonyl (C=O) groups is 1. The number of amides is 1. The summed E-state index contributed by atoms with van der Waals surface area (Å²) in [6.45, 7) is 2.86. The van der Waals surface area contributed by atoms with Crippen molar-refractivity contribution in [2.45, 2.75) is 63.1 Å². The van der Waals surface area contributed by atoms with Crippen molar-refractivity contribution in [3.63, 3.8) is 0 Å². The highest BCUT2D eigenvalue weighted by atomic mass is 16.2. The molecule has 1 saturated carbocycles. The van der Waals surface area contributed by atoms with E-state index in [1.54, 1.807) is 0 Å². The second-order valence-electron chi connectivity index (χ2n) is 8.17. The minimum atomic E-state index is 0.0855. The van der Waals surface area contributed by atoms with Gasteiger partial charge in [0.15, 0.2) is 5.82 Å². The summed E-state index contributed by atoms with van der Waals surface area (Å²) in [7, 11) is 2.12. The first-order chi connectivity index (χ1) is 12.2. The number of aryl methyl sites for hydroxylation is 2. The van der Waals surface area contributed by atoms with Crippen molar-refractivity contribution in [2.75, 3.05) is 31.6 Å². The van der Waals surface area contributed by atoms with Crippen molar-refractivity contribution in [1.29, 1.82) is 0 Å². The number of likely N-dealkylation sites (N-methyl/N-ethyl adjacent to an activating group) is 1. The number of hydrogen-bond acceptors (Lipinski definition) is 5. The molecule has 1 atom stereocenters. The highest BCUT2D eigenvalue weighted by Gasteiger charge is 2.45. The van der Waals surface area contributed by atoms with Crippen LogP contribution in [-0.2, 0) is 17.6 Å². The van der Waals surface area contributed by atoms with Crippen LogP contribution in [0.4, 0.5) is 5.82 Å².